The molecule has 0 aliphatic carbocycles. The van der Waals surface area contributed by atoms with Gasteiger partial charge in [0.25, 0.3) is 0 Å². The Hall–Kier alpha value is -2.23. The van der Waals surface area contributed by atoms with Crippen molar-refractivity contribution in [1.82, 2.24) is 10.2 Å². The second-order valence-electron chi connectivity index (χ2n) is 6.59. The second kappa shape index (κ2) is 11.7. The molecule has 2 N–H and O–H groups in total. The smallest absolute Gasteiger partial charge is 0.193 e. The number of aliphatic imine (C=N–C) groups is 1. The molecule has 1 aliphatic heterocycles. The minimum absolute atomic E-state index is 0. The number of hydrogen-bond donors (Lipinski definition) is 2. The van der Waals surface area contributed by atoms with Gasteiger partial charge >= 0.3 is 0 Å². The zero-order valence-electron chi connectivity index (χ0n) is 16.6. The molecule has 8 heteroatoms. The summed E-state index contributed by atoms with van der Waals surface area (Å²) >= 11 is 0. The van der Waals surface area contributed by atoms with Gasteiger partial charge < -0.3 is 25.0 Å². The minimum Gasteiger partial charge on any atom is -0.506 e. The van der Waals surface area contributed by atoms with Crippen LogP contribution in [0, 0.1) is 5.82 Å². The van der Waals surface area contributed by atoms with Crippen LogP contribution in [0.1, 0.15) is 6.42 Å². The van der Waals surface area contributed by atoms with Crippen LogP contribution >= 0.6 is 24.0 Å². The number of anilines is 1. The molecule has 6 nitrogen and oxygen atoms in total. The molecule has 1 saturated heterocycles. The van der Waals surface area contributed by atoms with Gasteiger partial charge in [0.05, 0.1) is 12.3 Å². The number of phenolic OH excluding ortho intramolecular Hbond substituents is 1. The van der Waals surface area contributed by atoms with E-state index in [9.17, 15) is 9.50 Å². The first-order valence-electron chi connectivity index (χ1n) is 9.54. The van der Waals surface area contributed by atoms with E-state index in [-0.39, 0.29) is 29.8 Å². The van der Waals surface area contributed by atoms with Crippen molar-refractivity contribution in [3.05, 3.63) is 54.3 Å². The molecular weight excluding hydrogens is 486 g/mol. The number of halogens is 2. The number of hydrogen-bond acceptors (Lipinski definition) is 4. The van der Waals surface area contributed by atoms with Crippen LogP contribution in [0.3, 0.4) is 0 Å². The highest BCUT2D eigenvalue weighted by molar-refractivity contribution is 14.0. The lowest BCUT2D eigenvalue weighted by molar-refractivity contribution is 0.308. The number of aromatic hydroxyl groups is 1. The third-order valence-corrected chi connectivity index (χ3v) is 4.70. The van der Waals surface area contributed by atoms with Crippen LogP contribution in [0.25, 0.3) is 0 Å². The fraction of sp³-hybridized carbons (Fsp3) is 0.381. The number of guanidine groups is 1. The van der Waals surface area contributed by atoms with Gasteiger partial charge in [0.15, 0.2) is 5.96 Å². The number of para-hydroxylation sites is 2. The lowest BCUT2D eigenvalue weighted by atomic mass is 10.2. The van der Waals surface area contributed by atoms with Crippen molar-refractivity contribution in [1.29, 1.82) is 0 Å². The first-order valence-corrected chi connectivity index (χ1v) is 9.54. The van der Waals surface area contributed by atoms with E-state index in [0.717, 1.165) is 50.8 Å². The molecule has 29 heavy (non-hydrogen) atoms. The summed E-state index contributed by atoms with van der Waals surface area (Å²) in [4.78, 5) is 8.78. The van der Waals surface area contributed by atoms with E-state index in [0.29, 0.717) is 18.1 Å². The van der Waals surface area contributed by atoms with Gasteiger partial charge in [0.2, 0.25) is 0 Å². The maximum absolute atomic E-state index is 12.9. The van der Waals surface area contributed by atoms with Gasteiger partial charge in [-0.2, -0.15) is 0 Å². The highest BCUT2D eigenvalue weighted by Crippen LogP contribution is 2.27. The first-order chi connectivity index (χ1) is 13.7. The van der Waals surface area contributed by atoms with Crippen LogP contribution in [-0.4, -0.2) is 62.3 Å². The predicted octanol–water partition coefficient (Wildman–Crippen LogP) is 3.32. The van der Waals surface area contributed by atoms with Crippen molar-refractivity contribution in [2.75, 3.05) is 51.3 Å². The van der Waals surface area contributed by atoms with E-state index in [1.54, 1.807) is 25.2 Å². The molecule has 0 atom stereocenters. The topological polar surface area (TPSA) is 60.3 Å². The third-order valence-electron chi connectivity index (χ3n) is 4.70. The molecule has 0 spiro atoms. The Labute approximate surface area is 188 Å². The van der Waals surface area contributed by atoms with Crippen molar-refractivity contribution in [3.8, 4) is 11.5 Å². The molecule has 0 bridgehead atoms. The standard InChI is InChI=1S/C21H27FN4O2.HI/c1-23-21(24-11-4-16-28-18-9-7-17(22)8-10-18)26-14-12-25(13-15-26)19-5-2-3-6-20(19)27;/h2-3,5-10,27H,4,11-16H2,1H3,(H,23,24);1H. The summed E-state index contributed by atoms with van der Waals surface area (Å²) in [6.45, 7) is 4.61. The summed E-state index contributed by atoms with van der Waals surface area (Å²) in [6, 6.07) is 13.5. The molecule has 2 aromatic rings. The van der Waals surface area contributed by atoms with Crippen molar-refractivity contribution in [2.45, 2.75) is 6.42 Å². The minimum atomic E-state index is -0.264. The maximum Gasteiger partial charge on any atom is 0.193 e. The van der Waals surface area contributed by atoms with Gasteiger partial charge in [-0.3, -0.25) is 4.99 Å². The van der Waals surface area contributed by atoms with Crippen molar-refractivity contribution < 1.29 is 14.2 Å². The Balaban J connectivity index is 0.00000300. The summed E-state index contributed by atoms with van der Waals surface area (Å²) in [6.07, 6.45) is 0.814. The highest BCUT2D eigenvalue weighted by atomic mass is 127. The van der Waals surface area contributed by atoms with E-state index < -0.39 is 0 Å². The molecule has 158 valence electrons. The molecule has 1 fully saturated rings. The molecular formula is C21H28FIN4O2. The molecule has 2 aromatic carbocycles. The summed E-state index contributed by atoms with van der Waals surface area (Å²) in [5.74, 6) is 1.60. The molecule has 0 saturated carbocycles. The molecule has 0 unspecified atom stereocenters. The molecule has 0 aromatic heterocycles. The van der Waals surface area contributed by atoms with Gasteiger partial charge in [-0.15, -0.1) is 24.0 Å². The van der Waals surface area contributed by atoms with Crippen LogP contribution in [-0.2, 0) is 0 Å². The van der Waals surface area contributed by atoms with Gasteiger partial charge in [0, 0.05) is 39.8 Å². The number of rotatable bonds is 6. The molecule has 3 rings (SSSR count). The van der Waals surface area contributed by atoms with Crippen LogP contribution in [0.4, 0.5) is 10.1 Å². The molecule has 1 heterocycles. The van der Waals surface area contributed by atoms with Crippen LogP contribution in [0.5, 0.6) is 11.5 Å². The molecule has 0 radical (unpaired) electrons. The number of piperazine rings is 1. The Morgan fingerprint density at radius 3 is 2.45 bits per heavy atom. The third kappa shape index (κ3) is 6.66. The lowest BCUT2D eigenvalue weighted by Gasteiger charge is -2.37. The molecule has 1 aliphatic rings. The average molecular weight is 514 g/mol. The second-order valence-corrected chi connectivity index (χ2v) is 6.59. The average Bonchev–Trinajstić information content (AvgIpc) is 2.73. The Bertz CT molecular complexity index is 781. The van der Waals surface area contributed by atoms with Crippen LogP contribution < -0.4 is 15.0 Å². The zero-order chi connectivity index (χ0) is 19.8. The van der Waals surface area contributed by atoms with Crippen LogP contribution in [0.2, 0.25) is 0 Å². The lowest BCUT2D eigenvalue weighted by Crippen LogP contribution is -2.52. The number of benzene rings is 2. The summed E-state index contributed by atoms with van der Waals surface area (Å²) in [5, 5.41) is 13.4. The highest BCUT2D eigenvalue weighted by Gasteiger charge is 2.21. The number of ether oxygens (including phenoxy) is 1. The fourth-order valence-corrected chi connectivity index (χ4v) is 3.22. The van der Waals surface area contributed by atoms with E-state index in [2.05, 4.69) is 20.1 Å². The fourth-order valence-electron chi connectivity index (χ4n) is 3.22. The predicted molar refractivity (Wildman–Crippen MR) is 125 cm³/mol. The van der Waals surface area contributed by atoms with Crippen molar-refractivity contribution in [3.63, 3.8) is 0 Å². The number of phenols is 1. The zero-order valence-corrected chi connectivity index (χ0v) is 18.9. The largest absolute Gasteiger partial charge is 0.506 e. The quantitative estimate of drug-likeness (QED) is 0.268. The van der Waals surface area contributed by atoms with Crippen molar-refractivity contribution >= 4 is 35.6 Å². The van der Waals surface area contributed by atoms with E-state index in [4.69, 9.17) is 4.74 Å². The Morgan fingerprint density at radius 1 is 1.10 bits per heavy atom. The SMILES string of the molecule is CN=C(NCCCOc1ccc(F)cc1)N1CCN(c2ccccc2O)CC1.I. The van der Waals surface area contributed by atoms with Gasteiger partial charge in [-0.25, -0.2) is 4.39 Å². The Kier molecular flexibility index (Phi) is 9.30. The normalized spacial score (nSPS) is 14.3. The maximum atomic E-state index is 12.9. The first kappa shape index (κ1) is 23.1. The summed E-state index contributed by atoms with van der Waals surface area (Å²) in [5.41, 5.74) is 0.878. The van der Waals surface area contributed by atoms with Crippen molar-refractivity contribution in [2.24, 2.45) is 4.99 Å². The monoisotopic (exact) mass is 514 g/mol. The Morgan fingerprint density at radius 2 is 1.79 bits per heavy atom. The van der Waals surface area contributed by atoms with Crippen LogP contribution in [0.15, 0.2) is 53.5 Å². The van der Waals surface area contributed by atoms with Gasteiger partial charge in [-0.05, 0) is 42.8 Å². The number of nitrogens with zero attached hydrogens (tertiary/aromatic N) is 3. The summed E-state index contributed by atoms with van der Waals surface area (Å²) in [7, 11) is 1.78. The van der Waals surface area contributed by atoms with E-state index in [1.807, 2.05) is 18.2 Å². The molecule has 0 amide bonds. The summed E-state index contributed by atoms with van der Waals surface area (Å²) < 4.78 is 18.5. The van der Waals surface area contributed by atoms with Gasteiger partial charge in [-0.1, -0.05) is 12.1 Å². The van der Waals surface area contributed by atoms with E-state index >= 15 is 0 Å². The van der Waals surface area contributed by atoms with E-state index in [1.165, 1.54) is 12.1 Å². The number of nitrogens with one attached hydrogen (secondary N) is 1. The van der Waals surface area contributed by atoms with Gasteiger partial charge in [0.1, 0.15) is 17.3 Å².